The van der Waals surface area contributed by atoms with Gasteiger partial charge in [-0.3, -0.25) is 14.7 Å². The molecule has 2 amide bonds. The summed E-state index contributed by atoms with van der Waals surface area (Å²) in [6.07, 6.45) is 0. The highest BCUT2D eigenvalue weighted by Gasteiger charge is 2.37. The minimum absolute atomic E-state index is 0.286. The van der Waals surface area contributed by atoms with Crippen LogP contribution in [0.1, 0.15) is 0 Å². The van der Waals surface area contributed by atoms with Crippen LogP contribution in [0.3, 0.4) is 0 Å². The summed E-state index contributed by atoms with van der Waals surface area (Å²) < 4.78 is 24.9. The van der Waals surface area contributed by atoms with Crippen molar-refractivity contribution in [1.82, 2.24) is 9.99 Å². The number of benzene rings is 2. The van der Waals surface area contributed by atoms with Gasteiger partial charge in [0.25, 0.3) is 0 Å². The third-order valence-electron chi connectivity index (χ3n) is 3.44. The summed E-state index contributed by atoms with van der Waals surface area (Å²) in [4.78, 5) is 23.9. The molecule has 0 aliphatic carbocycles. The van der Waals surface area contributed by atoms with Crippen LogP contribution in [0.5, 0.6) is 11.5 Å². The maximum Gasteiger partial charge on any atom is 0.449 e. The predicted octanol–water partition coefficient (Wildman–Crippen LogP) is 2.50. The first-order valence-electron chi connectivity index (χ1n) is 7.67. The van der Waals surface area contributed by atoms with Gasteiger partial charge in [-0.05, 0) is 36.4 Å². The molecule has 0 aliphatic heterocycles. The Morgan fingerprint density at radius 1 is 1.00 bits per heavy atom. The fraction of sp³-hybridized carbons (Fsp3) is 0.176. The lowest BCUT2D eigenvalue weighted by atomic mass is 10.3. The molecule has 0 saturated heterocycles. The number of ether oxygens (including phenoxy) is 1. The summed E-state index contributed by atoms with van der Waals surface area (Å²) in [6.45, 7) is 0. The number of hydrogen-bond acceptors (Lipinski definition) is 5. The van der Waals surface area contributed by atoms with Crippen molar-refractivity contribution in [3.8, 4) is 11.5 Å². The number of hydrogen-bond donors (Lipinski definition) is 2. The smallest absolute Gasteiger partial charge is 0.449 e. The number of anilines is 1. The first kappa shape index (κ1) is 19.3. The number of methoxy groups -OCH3 is 1. The van der Waals surface area contributed by atoms with E-state index >= 15 is 0 Å². The second-order valence-corrected chi connectivity index (χ2v) is 7.22. The lowest BCUT2D eigenvalue weighted by Gasteiger charge is -2.28. The molecule has 0 bridgehead atoms. The van der Waals surface area contributed by atoms with Gasteiger partial charge in [-0.25, -0.2) is 9.24 Å². The summed E-state index contributed by atoms with van der Waals surface area (Å²) in [5.41, 5.74) is 0.432. The molecule has 2 rings (SSSR count). The van der Waals surface area contributed by atoms with Crippen molar-refractivity contribution >= 4 is 25.2 Å². The van der Waals surface area contributed by atoms with Crippen LogP contribution in [0.2, 0.25) is 0 Å². The van der Waals surface area contributed by atoms with Gasteiger partial charge in [-0.2, -0.15) is 0 Å². The second-order valence-electron chi connectivity index (χ2n) is 5.17. The van der Waals surface area contributed by atoms with Crippen molar-refractivity contribution in [2.45, 2.75) is 0 Å². The summed E-state index contributed by atoms with van der Waals surface area (Å²) in [5.74, 6) is -0.994. The highest BCUT2D eigenvalue weighted by Crippen LogP contribution is 2.49. The van der Waals surface area contributed by atoms with Crippen LogP contribution in [0.25, 0.3) is 0 Å². The number of nitrogens with zero attached hydrogens (tertiary/aromatic N) is 1. The van der Waals surface area contributed by atoms with Crippen molar-refractivity contribution in [3.05, 3.63) is 54.6 Å². The molecule has 26 heavy (non-hydrogen) atoms. The van der Waals surface area contributed by atoms with Crippen LogP contribution in [-0.2, 0) is 14.2 Å². The normalized spacial score (nSPS) is 12.4. The van der Waals surface area contributed by atoms with E-state index in [0.717, 1.165) is 4.67 Å². The number of carbonyl (C=O) groups is 2. The predicted molar refractivity (Wildman–Crippen MR) is 98.1 cm³/mol. The molecular formula is C17H20N3O5P. The number of carbonyl (C=O) groups excluding carboxylic acids is 2. The minimum Gasteiger partial charge on any atom is -0.497 e. The molecule has 0 saturated carbocycles. The SMILES string of the molecule is CNC(=O)C(=O)N(C)P(=O)(Nc1ccc(OC)cc1)Oc1ccccc1. The number of para-hydroxylation sites is 1. The molecule has 2 N–H and O–H groups in total. The Kier molecular flexibility index (Phi) is 6.25. The lowest BCUT2D eigenvalue weighted by molar-refractivity contribution is -0.142. The first-order chi connectivity index (χ1) is 12.4. The number of nitrogens with one attached hydrogen (secondary N) is 2. The van der Waals surface area contributed by atoms with Crippen molar-refractivity contribution in [2.75, 3.05) is 26.3 Å². The van der Waals surface area contributed by atoms with Gasteiger partial charge in [0.15, 0.2) is 0 Å². The molecule has 0 aliphatic rings. The van der Waals surface area contributed by atoms with Gasteiger partial charge in [0.1, 0.15) is 11.5 Å². The van der Waals surface area contributed by atoms with Crippen LogP contribution in [0, 0.1) is 0 Å². The standard InChI is InChI=1S/C17H20N3O5P/c1-18-16(21)17(22)20(2)26(23,25-15-7-5-4-6-8-15)19-13-9-11-14(24-3)12-10-13/h4-12H,1-3H3,(H,18,21)(H,19,23). The minimum atomic E-state index is -3.97. The van der Waals surface area contributed by atoms with Gasteiger partial charge >= 0.3 is 19.5 Å². The van der Waals surface area contributed by atoms with E-state index in [9.17, 15) is 14.2 Å². The Balaban J connectivity index is 2.34. The molecule has 0 heterocycles. The van der Waals surface area contributed by atoms with E-state index in [-0.39, 0.29) is 5.75 Å². The van der Waals surface area contributed by atoms with Gasteiger partial charge in [0, 0.05) is 19.8 Å². The van der Waals surface area contributed by atoms with E-state index in [1.165, 1.54) is 21.2 Å². The number of amides is 2. The average Bonchev–Trinajstić information content (AvgIpc) is 2.67. The van der Waals surface area contributed by atoms with Crippen molar-refractivity contribution < 1.29 is 23.4 Å². The molecule has 0 radical (unpaired) electrons. The van der Waals surface area contributed by atoms with E-state index in [4.69, 9.17) is 9.26 Å². The quantitative estimate of drug-likeness (QED) is 0.593. The highest BCUT2D eigenvalue weighted by molar-refractivity contribution is 7.59. The Hall–Kier alpha value is -2.99. The summed E-state index contributed by atoms with van der Waals surface area (Å²) >= 11 is 0. The maximum absolute atomic E-state index is 13.4. The Labute approximate surface area is 151 Å². The molecule has 8 nitrogen and oxygen atoms in total. The van der Waals surface area contributed by atoms with Crippen LogP contribution in [-0.4, -0.2) is 37.7 Å². The zero-order valence-corrected chi connectivity index (χ0v) is 15.5. The van der Waals surface area contributed by atoms with Gasteiger partial charge in [-0.15, -0.1) is 0 Å². The Morgan fingerprint density at radius 3 is 2.15 bits per heavy atom. The molecule has 138 valence electrons. The van der Waals surface area contributed by atoms with E-state index in [2.05, 4.69) is 10.4 Å². The largest absolute Gasteiger partial charge is 0.497 e. The van der Waals surface area contributed by atoms with Crippen molar-refractivity contribution in [2.24, 2.45) is 0 Å². The first-order valence-corrected chi connectivity index (χ1v) is 9.24. The van der Waals surface area contributed by atoms with Crippen molar-refractivity contribution in [3.63, 3.8) is 0 Å². The van der Waals surface area contributed by atoms with E-state index in [1.807, 2.05) is 0 Å². The molecule has 2 aromatic rings. The fourth-order valence-corrected chi connectivity index (χ4v) is 3.52. The Morgan fingerprint density at radius 2 is 1.62 bits per heavy atom. The third-order valence-corrected chi connectivity index (χ3v) is 5.41. The molecule has 0 aromatic heterocycles. The Bertz CT molecular complexity index is 811. The molecule has 0 spiro atoms. The summed E-state index contributed by atoms with van der Waals surface area (Å²) in [5, 5.41) is 4.93. The van der Waals surface area contributed by atoms with Gasteiger partial charge in [0.05, 0.1) is 7.11 Å². The average molecular weight is 377 g/mol. The molecule has 2 aromatic carbocycles. The molecular weight excluding hydrogens is 357 g/mol. The zero-order chi connectivity index (χ0) is 19.2. The zero-order valence-electron chi connectivity index (χ0n) is 14.6. The molecule has 9 heteroatoms. The molecule has 1 unspecified atom stereocenters. The van der Waals surface area contributed by atoms with Gasteiger partial charge in [0.2, 0.25) is 0 Å². The number of likely N-dealkylation sites (N-methyl/N-ethyl adjacent to an activating group) is 2. The van der Waals surface area contributed by atoms with E-state index in [1.54, 1.807) is 54.6 Å². The van der Waals surface area contributed by atoms with Gasteiger partial charge in [-0.1, -0.05) is 18.2 Å². The number of rotatable bonds is 6. The van der Waals surface area contributed by atoms with E-state index < -0.39 is 19.5 Å². The fourth-order valence-electron chi connectivity index (χ4n) is 1.99. The second kappa shape index (κ2) is 8.40. The van der Waals surface area contributed by atoms with Crippen molar-refractivity contribution in [1.29, 1.82) is 0 Å². The monoisotopic (exact) mass is 377 g/mol. The highest BCUT2D eigenvalue weighted by atomic mass is 31.2. The summed E-state index contributed by atoms with van der Waals surface area (Å²) in [7, 11) is 0.108. The maximum atomic E-state index is 13.4. The van der Waals surface area contributed by atoms with Crippen LogP contribution in [0.15, 0.2) is 54.6 Å². The molecule has 0 fully saturated rings. The van der Waals surface area contributed by atoms with E-state index in [0.29, 0.717) is 11.4 Å². The third kappa shape index (κ3) is 4.55. The molecule has 1 atom stereocenters. The van der Waals surface area contributed by atoms with Crippen LogP contribution in [0.4, 0.5) is 5.69 Å². The summed E-state index contributed by atoms with van der Waals surface area (Å²) in [6, 6.07) is 14.9. The van der Waals surface area contributed by atoms with Crippen LogP contribution < -0.4 is 19.7 Å². The van der Waals surface area contributed by atoms with Gasteiger partial charge < -0.3 is 14.6 Å². The lowest BCUT2D eigenvalue weighted by Crippen LogP contribution is -2.39. The van der Waals surface area contributed by atoms with Crippen LogP contribution >= 0.6 is 7.67 Å². The topological polar surface area (TPSA) is 97.0 Å².